The first-order valence-electron chi connectivity index (χ1n) is 6.48. The van der Waals surface area contributed by atoms with Gasteiger partial charge in [0.1, 0.15) is 0 Å². The molecule has 5 heteroatoms. The van der Waals surface area contributed by atoms with Crippen LogP contribution in [0.15, 0.2) is 18.2 Å². The fraction of sp³-hybridized carbons (Fsp3) is 0.500. The molecule has 19 heavy (non-hydrogen) atoms. The first-order valence-corrected chi connectivity index (χ1v) is 6.48. The monoisotopic (exact) mass is 265 g/mol. The van der Waals surface area contributed by atoms with Gasteiger partial charge in [0.15, 0.2) is 0 Å². The number of nitrogens with one attached hydrogen (secondary N) is 1. The van der Waals surface area contributed by atoms with E-state index in [1.54, 1.807) is 32.3 Å². The Morgan fingerprint density at radius 3 is 2.68 bits per heavy atom. The number of carbonyl (C=O) groups excluding carboxylic acids is 1. The van der Waals surface area contributed by atoms with Crippen molar-refractivity contribution in [2.75, 3.05) is 31.8 Å². The molecule has 0 aromatic heterocycles. The number of amides is 1. The SMILES string of the molecule is CCC(CCO)Nc1cc(N)ccc1C(=O)N(C)C. The highest BCUT2D eigenvalue weighted by molar-refractivity contribution is 6.00. The number of aliphatic hydroxyl groups excluding tert-OH is 1. The Balaban J connectivity index is 3.03. The number of anilines is 2. The van der Waals surface area contributed by atoms with E-state index in [1.807, 2.05) is 6.92 Å². The van der Waals surface area contributed by atoms with Gasteiger partial charge in [-0.3, -0.25) is 4.79 Å². The molecule has 0 aliphatic rings. The van der Waals surface area contributed by atoms with Crippen molar-refractivity contribution in [3.8, 4) is 0 Å². The first-order chi connectivity index (χ1) is 8.99. The molecule has 106 valence electrons. The van der Waals surface area contributed by atoms with Crippen LogP contribution >= 0.6 is 0 Å². The molecule has 1 atom stereocenters. The van der Waals surface area contributed by atoms with Gasteiger partial charge in [-0.05, 0) is 31.0 Å². The van der Waals surface area contributed by atoms with Gasteiger partial charge in [-0.1, -0.05) is 6.92 Å². The van der Waals surface area contributed by atoms with Crippen LogP contribution in [0.1, 0.15) is 30.1 Å². The standard InChI is InChI=1S/C14H23N3O2/c1-4-11(7-8-18)16-13-9-10(15)5-6-12(13)14(19)17(2)3/h5-6,9,11,16,18H,4,7-8,15H2,1-3H3. The summed E-state index contributed by atoms with van der Waals surface area (Å²) in [6.45, 7) is 2.15. The van der Waals surface area contributed by atoms with Gasteiger partial charge in [-0.25, -0.2) is 0 Å². The Kier molecular flexibility index (Phi) is 5.63. The van der Waals surface area contributed by atoms with Crippen LogP contribution in [0.4, 0.5) is 11.4 Å². The van der Waals surface area contributed by atoms with Crippen molar-refractivity contribution in [1.82, 2.24) is 4.90 Å². The number of hydrogen-bond acceptors (Lipinski definition) is 4. The smallest absolute Gasteiger partial charge is 0.255 e. The summed E-state index contributed by atoms with van der Waals surface area (Å²) in [5, 5.41) is 12.3. The number of nitrogens with zero attached hydrogens (tertiary/aromatic N) is 1. The lowest BCUT2D eigenvalue weighted by Gasteiger charge is -2.21. The van der Waals surface area contributed by atoms with Crippen LogP contribution in [-0.4, -0.2) is 42.7 Å². The molecule has 5 nitrogen and oxygen atoms in total. The number of carbonyl (C=O) groups is 1. The van der Waals surface area contributed by atoms with Gasteiger partial charge < -0.3 is 21.1 Å². The van der Waals surface area contributed by atoms with Crippen molar-refractivity contribution in [3.63, 3.8) is 0 Å². The minimum Gasteiger partial charge on any atom is -0.399 e. The molecule has 0 saturated carbocycles. The largest absolute Gasteiger partial charge is 0.399 e. The lowest BCUT2D eigenvalue weighted by molar-refractivity contribution is 0.0828. The second-order valence-corrected chi connectivity index (χ2v) is 4.77. The average Bonchev–Trinajstić information content (AvgIpc) is 2.37. The maximum atomic E-state index is 12.1. The number of rotatable bonds is 6. The zero-order chi connectivity index (χ0) is 14.4. The number of aliphatic hydroxyl groups is 1. The Morgan fingerprint density at radius 2 is 2.16 bits per heavy atom. The van der Waals surface area contributed by atoms with Crippen molar-refractivity contribution >= 4 is 17.3 Å². The van der Waals surface area contributed by atoms with Gasteiger partial charge in [0, 0.05) is 38.1 Å². The third-order valence-electron chi connectivity index (χ3n) is 3.01. The average molecular weight is 265 g/mol. The first kappa shape index (κ1) is 15.3. The van der Waals surface area contributed by atoms with E-state index in [9.17, 15) is 4.79 Å². The number of nitrogens with two attached hydrogens (primary N) is 1. The summed E-state index contributed by atoms with van der Waals surface area (Å²) in [5.74, 6) is -0.0682. The minimum absolute atomic E-state index is 0.0682. The van der Waals surface area contributed by atoms with E-state index in [4.69, 9.17) is 10.8 Å². The summed E-state index contributed by atoms with van der Waals surface area (Å²) >= 11 is 0. The van der Waals surface area contributed by atoms with Crippen LogP contribution < -0.4 is 11.1 Å². The summed E-state index contributed by atoms with van der Waals surface area (Å²) in [4.78, 5) is 13.6. The summed E-state index contributed by atoms with van der Waals surface area (Å²) in [6, 6.07) is 5.33. The van der Waals surface area contributed by atoms with Gasteiger partial charge in [-0.2, -0.15) is 0 Å². The molecular formula is C14H23N3O2. The highest BCUT2D eigenvalue weighted by atomic mass is 16.3. The molecule has 0 fully saturated rings. The van der Waals surface area contributed by atoms with Crippen LogP contribution in [0.3, 0.4) is 0 Å². The number of benzene rings is 1. The van der Waals surface area contributed by atoms with E-state index in [0.717, 1.165) is 12.1 Å². The van der Waals surface area contributed by atoms with E-state index >= 15 is 0 Å². The van der Waals surface area contributed by atoms with Crippen LogP contribution in [0.5, 0.6) is 0 Å². The van der Waals surface area contributed by atoms with Crippen molar-refractivity contribution < 1.29 is 9.90 Å². The zero-order valence-electron chi connectivity index (χ0n) is 11.8. The third kappa shape index (κ3) is 4.13. The molecule has 0 aliphatic carbocycles. The molecule has 0 spiro atoms. The maximum absolute atomic E-state index is 12.1. The summed E-state index contributed by atoms with van der Waals surface area (Å²) in [7, 11) is 3.43. The number of nitrogen functional groups attached to an aromatic ring is 1. The van der Waals surface area contributed by atoms with E-state index in [2.05, 4.69) is 5.32 Å². The van der Waals surface area contributed by atoms with Crippen LogP contribution in [0.25, 0.3) is 0 Å². The summed E-state index contributed by atoms with van der Waals surface area (Å²) < 4.78 is 0. The van der Waals surface area contributed by atoms with Crippen molar-refractivity contribution in [3.05, 3.63) is 23.8 Å². The van der Waals surface area contributed by atoms with Crippen molar-refractivity contribution in [2.24, 2.45) is 0 Å². The molecule has 0 saturated heterocycles. The van der Waals surface area contributed by atoms with Crippen LogP contribution in [0, 0.1) is 0 Å². The Morgan fingerprint density at radius 1 is 1.47 bits per heavy atom. The Bertz CT molecular complexity index is 433. The predicted molar refractivity (Wildman–Crippen MR) is 78.3 cm³/mol. The highest BCUT2D eigenvalue weighted by Gasteiger charge is 2.15. The molecular weight excluding hydrogens is 242 g/mol. The molecule has 1 amide bonds. The van der Waals surface area contributed by atoms with Crippen LogP contribution in [0.2, 0.25) is 0 Å². The molecule has 0 aliphatic heterocycles. The fourth-order valence-corrected chi connectivity index (χ4v) is 1.86. The van der Waals surface area contributed by atoms with E-state index < -0.39 is 0 Å². The molecule has 0 radical (unpaired) electrons. The molecule has 1 aromatic rings. The van der Waals surface area contributed by atoms with Gasteiger partial charge in [0.2, 0.25) is 0 Å². The second-order valence-electron chi connectivity index (χ2n) is 4.77. The normalized spacial score (nSPS) is 12.0. The summed E-state index contributed by atoms with van der Waals surface area (Å²) in [6.07, 6.45) is 1.51. The van der Waals surface area contributed by atoms with Crippen molar-refractivity contribution in [1.29, 1.82) is 0 Å². The van der Waals surface area contributed by atoms with E-state index in [0.29, 0.717) is 17.7 Å². The zero-order valence-corrected chi connectivity index (χ0v) is 11.8. The molecule has 1 aromatic carbocycles. The van der Waals surface area contributed by atoms with Gasteiger partial charge >= 0.3 is 0 Å². The fourth-order valence-electron chi connectivity index (χ4n) is 1.86. The lowest BCUT2D eigenvalue weighted by Crippen LogP contribution is -2.26. The maximum Gasteiger partial charge on any atom is 0.255 e. The van der Waals surface area contributed by atoms with Crippen LogP contribution in [-0.2, 0) is 0 Å². The van der Waals surface area contributed by atoms with Gasteiger partial charge in [0.05, 0.1) is 5.56 Å². The number of hydrogen-bond donors (Lipinski definition) is 3. The lowest BCUT2D eigenvalue weighted by atomic mass is 10.1. The highest BCUT2D eigenvalue weighted by Crippen LogP contribution is 2.22. The Hall–Kier alpha value is -1.75. The molecule has 0 heterocycles. The third-order valence-corrected chi connectivity index (χ3v) is 3.01. The molecule has 1 rings (SSSR count). The van der Waals surface area contributed by atoms with Gasteiger partial charge in [0.25, 0.3) is 5.91 Å². The quantitative estimate of drug-likeness (QED) is 0.682. The predicted octanol–water partition coefficient (Wildman–Crippen LogP) is 1.54. The van der Waals surface area contributed by atoms with Gasteiger partial charge in [-0.15, -0.1) is 0 Å². The van der Waals surface area contributed by atoms with E-state index in [-0.39, 0.29) is 18.6 Å². The minimum atomic E-state index is -0.0682. The molecule has 1 unspecified atom stereocenters. The topological polar surface area (TPSA) is 78.6 Å². The van der Waals surface area contributed by atoms with E-state index in [1.165, 1.54) is 4.90 Å². The second kappa shape index (κ2) is 6.99. The summed E-state index contributed by atoms with van der Waals surface area (Å²) in [5.41, 5.74) is 7.70. The van der Waals surface area contributed by atoms with Crippen molar-refractivity contribution in [2.45, 2.75) is 25.8 Å². The molecule has 0 bridgehead atoms. The molecule has 4 N–H and O–H groups in total. The Labute approximate surface area is 114 Å².